The summed E-state index contributed by atoms with van der Waals surface area (Å²) in [6, 6.07) is 9.55. The maximum absolute atomic E-state index is 11.9. The molecular formula is C15H19N3O2. The van der Waals surface area contributed by atoms with Crippen LogP contribution in [0.4, 0.5) is 0 Å². The fourth-order valence-corrected chi connectivity index (χ4v) is 2.10. The van der Waals surface area contributed by atoms with Gasteiger partial charge in [0.05, 0.1) is 24.8 Å². The van der Waals surface area contributed by atoms with Gasteiger partial charge in [-0.3, -0.25) is 4.79 Å². The van der Waals surface area contributed by atoms with Crippen molar-refractivity contribution in [2.45, 2.75) is 13.0 Å². The molecule has 0 atom stereocenters. The average molecular weight is 273 g/mol. The van der Waals surface area contributed by atoms with Crippen LogP contribution in [0.2, 0.25) is 0 Å². The van der Waals surface area contributed by atoms with Gasteiger partial charge in [0.1, 0.15) is 0 Å². The minimum Gasteiger partial charge on any atom is -0.378 e. The van der Waals surface area contributed by atoms with E-state index in [4.69, 9.17) is 10.00 Å². The molecular weight excluding hydrogens is 254 g/mol. The van der Waals surface area contributed by atoms with Gasteiger partial charge in [0.15, 0.2) is 0 Å². The van der Waals surface area contributed by atoms with Crippen LogP contribution in [0.5, 0.6) is 0 Å². The normalized spacial score (nSPS) is 14.8. The maximum Gasteiger partial charge on any atom is 0.224 e. The highest BCUT2D eigenvalue weighted by Gasteiger charge is 2.15. The van der Waals surface area contributed by atoms with E-state index in [-0.39, 0.29) is 5.91 Å². The van der Waals surface area contributed by atoms with Gasteiger partial charge in [-0.05, 0) is 17.7 Å². The first-order valence-corrected chi connectivity index (χ1v) is 6.85. The first-order chi connectivity index (χ1) is 9.79. The topological polar surface area (TPSA) is 65.4 Å². The molecule has 20 heavy (non-hydrogen) atoms. The minimum absolute atomic E-state index is 0.181. The fourth-order valence-electron chi connectivity index (χ4n) is 2.10. The second-order valence-electron chi connectivity index (χ2n) is 4.73. The second kappa shape index (κ2) is 7.63. The largest absolute Gasteiger partial charge is 0.378 e. The molecule has 0 saturated carbocycles. The number of nitrogens with one attached hydrogen (secondary N) is 1. The number of carbonyl (C=O) groups is 1. The molecule has 0 aromatic heterocycles. The fraction of sp³-hybridized carbons (Fsp3) is 0.467. The van der Waals surface area contributed by atoms with E-state index in [2.05, 4.69) is 11.4 Å². The third-order valence-electron chi connectivity index (χ3n) is 3.29. The van der Waals surface area contributed by atoms with Crippen molar-refractivity contribution in [3.63, 3.8) is 0 Å². The lowest BCUT2D eigenvalue weighted by atomic mass is 10.1. The number of nitriles is 1. The van der Waals surface area contributed by atoms with Crippen LogP contribution in [-0.4, -0.2) is 43.7 Å². The first-order valence-electron chi connectivity index (χ1n) is 6.85. The van der Waals surface area contributed by atoms with E-state index in [0.29, 0.717) is 51.4 Å². The molecule has 1 aliphatic rings. The van der Waals surface area contributed by atoms with Crippen molar-refractivity contribution in [3.05, 3.63) is 35.4 Å². The summed E-state index contributed by atoms with van der Waals surface area (Å²) < 4.78 is 5.22. The number of hydrogen-bond donors (Lipinski definition) is 1. The number of hydrogen-bond acceptors (Lipinski definition) is 4. The number of amides is 1. The Balaban J connectivity index is 1.65. The Labute approximate surface area is 119 Å². The molecule has 1 aliphatic heterocycles. The van der Waals surface area contributed by atoms with E-state index in [0.717, 1.165) is 5.56 Å². The predicted molar refractivity (Wildman–Crippen MR) is 74.9 cm³/mol. The molecule has 0 unspecified atom stereocenters. The van der Waals surface area contributed by atoms with E-state index in [1.54, 1.807) is 12.1 Å². The lowest BCUT2D eigenvalue weighted by molar-refractivity contribution is -0.135. The van der Waals surface area contributed by atoms with Crippen molar-refractivity contribution >= 4 is 5.91 Å². The first kappa shape index (κ1) is 14.5. The molecule has 2 rings (SSSR count). The Bertz CT molecular complexity index is 473. The molecule has 0 aliphatic carbocycles. The molecule has 1 amide bonds. The van der Waals surface area contributed by atoms with Crippen molar-refractivity contribution in [3.8, 4) is 6.07 Å². The van der Waals surface area contributed by atoms with Gasteiger partial charge >= 0.3 is 0 Å². The lowest BCUT2D eigenvalue weighted by Gasteiger charge is -2.26. The molecule has 5 heteroatoms. The summed E-state index contributed by atoms with van der Waals surface area (Å²) in [5, 5.41) is 12.0. The van der Waals surface area contributed by atoms with Gasteiger partial charge in [0.25, 0.3) is 0 Å². The molecule has 1 aromatic carbocycles. The van der Waals surface area contributed by atoms with Crippen molar-refractivity contribution in [2.75, 3.05) is 32.8 Å². The SMILES string of the molecule is N#Cc1ccc(CNCCC(=O)N2CCOCC2)cc1. The van der Waals surface area contributed by atoms with Crippen LogP contribution in [0.1, 0.15) is 17.5 Å². The quantitative estimate of drug-likeness (QED) is 0.809. The highest BCUT2D eigenvalue weighted by Crippen LogP contribution is 2.03. The summed E-state index contributed by atoms with van der Waals surface area (Å²) in [5.41, 5.74) is 1.78. The monoisotopic (exact) mass is 273 g/mol. The number of benzene rings is 1. The predicted octanol–water partition coefficient (Wildman–Crippen LogP) is 0.897. The summed E-state index contributed by atoms with van der Waals surface area (Å²) >= 11 is 0. The minimum atomic E-state index is 0.181. The molecule has 0 bridgehead atoms. The summed E-state index contributed by atoms with van der Waals surface area (Å²) in [4.78, 5) is 13.7. The van der Waals surface area contributed by atoms with Crippen molar-refractivity contribution in [1.82, 2.24) is 10.2 Å². The standard InChI is InChI=1S/C15H19N3O2/c16-11-13-1-3-14(4-2-13)12-17-6-5-15(19)18-7-9-20-10-8-18/h1-4,17H,5-10,12H2. The molecule has 1 fully saturated rings. The van der Waals surface area contributed by atoms with E-state index >= 15 is 0 Å². The molecule has 1 N–H and O–H groups in total. The van der Waals surface area contributed by atoms with Crippen LogP contribution < -0.4 is 5.32 Å². The number of carbonyl (C=O) groups excluding carboxylic acids is 1. The third kappa shape index (κ3) is 4.34. The zero-order valence-corrected chi connectivity index (χ0v) is 11.5. The molecule has 1 heterocycles. The summed E-state index contributed by atoms with van der Waals surface area (Å²) in [7, 11) is 0. The lowest BCUT2D eigenvalue weighted by Crippen LogP contribution is -2.41. The number of rotatable bonds is 5. The number of morpholine rings is 1. The molecule has 5 nitrogen and oxygen atoms in total. The van der Waals surface area contributed by atoms with E-state index in [1.807, 2.05) is 17.0 Å². The Morgan fingerprint density at radius 1 is 1.30 bits per heavy atom. The van der Waals surface area contributed by atoms with Crippen molar-refractivity contribution in [1.29, 1.82) is 5.26 Å². The highest BCUT2D eigenvalue weighted by atomic mass is 16.5. The van der Waals surface area contributed by atoms with Crippen LogP contribution in [-0.2, 0) is 16.1 Å². The average Bonchev–Trinajstić information content (AvgIpc) is 2.53. The van der Waals surface area contributed by atoms with Gasteiger partial charge in [-0.1, -0.05) is 12.1 Å². The van der Waals surface area contributed by atoms with Gasteiger partial charge < -0.3 is 15.0 Å². The Hall–Kier alpha value is -1.90. The molecule has 0 radical (unpaired) electrons. The smallest absolute Gasteiger partial charge is 0.224 e. The molecule has 106 valence electrons. The van der Waals surface area contributed by atoms with Crippen molar-refractivity contribution < 1.29 is 9.53 Å². The molecule has 1 saturated heterocycles. The van der Waals surface area contributed by atoms with Gasteiger partial charge in [0, 0.05) is 32.6 Å². The summed E-state index contributed by atoms with van der Waals surface area (Å²) in [6.45, 7) is 4.07. The number of ether oxygens (including phenoxy) is 1. The zero-order valence-electron chi connectivity index (χ0n) is 11.5. The summed E-state index contributed by atoms with van der Waals surface area (Å²) in [6.07, 6.45) is 0.510. The van der Waals surface area contributed by atoms with Crippen molar-refractivity contribution in [2.24, 2.45) is 0 Å². The second-order valence-corrected chi connectivity index (χ2v) is 4.73. The van der Waals surface area contributed by atoms with E-state index in [1.165, 1.54) is 0 Å². The Kier molecular flexibility index (Phi) is 5.54. The van der Waals surface area contributed by atoms with Crippen LogP contribution in [0.25, 0.3) is 0 Å². The van der Waals surface area contributed by atoms with E-state index in [9.17, 15) is 4.79 Å². The van der Waals surface area contributed by atoms with Crippen LogP contribution in [0.3, 0.4) is 0 Å². The van der Waals surface area contributed by atoms with Crippen LogP contribution in [0, 0.1) is 11.3 Å². The van der Waals surface area contributed by atoms with Gasteiger partial charge in [-0.25, -0.2) is 0 Å². The zero-order chi connectivity index (χ0) is 14.2. The number of nitrogens with zero attached hydrogens (tertiary/aromatic N) is 2. The van der Waals surface area contributed by atoms with Crippen LogP contribution in [0.15, 0.2) is 24.3 Å². The third-order valence-corrected chi connectivity index (χ3v) is 3.29. The Morgan fingerprint density at radius 3 is 2.65 bits per heavy atom. The van der Waals surface area contributed by atoms with E-state index < -0.39 is 0 Å². The maximum atomic E-state index is 11.9. The molecule has 1 aromatic rings. The van der Waals surface area contributed by atoms with Crippen LogP contribution >= 0.6 is 0 Å². The van der Waals surface area contributed by atoms with Gasteiger partial charge in [0.2, 0.25) is 5.91 Å². The Morgan fingerprint density at radius 2 is 2.00 bits per heavy atom. The van der Waals surface area contributed by atoms with Gasteiger partial charge in [-0.15, -0.1) is 0 Å². The van der Waals surface area contributed by atoms with Gasteiger partial charge in [-0.2, -0.15) is 5.26 Å². The molecule has 0 spiro atoms. The highest BCUT2D eigenvalue weighted by molar-refractivity contribution is 5.76. The summed E-state index contributed by atoms with van der Waals surface area (Å²) in [5.74, 6) is 0.181.